The van der Waals surface area contributed by atoms with E-state index in [0.717, 1.165) is 37.0 Å². The van der Waals surface area contributed by atoms with Gasteiger partial charge in [-0.3, -0.25) is 9.59 Å². The van der Waals surface area contributed by atoms with E-state index in [2.05, 4.69) is 15.8 Å². The van der Waals surface area contributed by atoms with Gasteiger partial charge in [0.05, 0.1) is 0 Å². The molecule has 0 spiro atoms. The van der Waals surface area contributed by atoms with E-state index in [1.807, 2.05) is 6.92 Å². The van der Waals surface area contributed by atoms with Crippen LogP contribution in [0.25, 0.3) is 0 Å². The van der Waals surface area contributed by atoms with Crippen LogP contribution in [0.2, 0.25) is 5.02 Å². The van der Waals surface area contributed by atoms with Gasteiger partial charge in [-0.2, -0.15) is 5.10 Å². The molecule has 1 fully saturated rings. The van der Waals surface area contributed by atoms with Gasteiger partial charge in [-0.15, -0.1) is 0 Å². The molecular weight excluding hydrogens is 302 g/mol. The summed E-state index contributed by atoms with van der Waals surface area (Å²) in [6.07, 6.45) is 6.33. The summed E-state index contributed by atoms with van der Waals surface area (Å²) in [5.74, 6) is -1.52. The molecular formula is C16H20ClN3O2. The number of rotatable bonds is 2. The van der Waals surface area contributed by atoms with E-state index < -0.39 is 11.8 Å². The van der Waals surface area contributed by atoms with E-state index in [1.54, 1.807) is 18.2 Å². The number of hydrazone groups is 1. The van der Waals surface area contributed by atoms with Crippen LogP contribution >= 0.6 is 11.6 Å². The van der Waals surface area contributed by atoms with Gasteiger partial charge in [0.2, 0.25) is 0 Å². The smallest absolute Gasteiger partial charge is 0.318 e. The average molecular weight is 322 g/mol. The average Bonchev–Trinajstić information content (AvgIpc) is 2.77. The molecule has 2 rings (SSSR count). The molecule has 0 unspecified atom stereocenters. The van der Waals surface area contributed by atoms with Crippen LogP contribution in [-0.2, 0) is 9.59 Å². The minimum atomic E-state index is -0.770. The zero-order chi connectivity index (χ0) is 15.9. The van der Waals surface area contributed by atoms with Crippen LogP contribution in [0, 0.1) is 6.92 Å². The van der Waals surface area contributed by atoms with Crippen molar-refractivity contribution in [1.29, 1.82) is 0 Å². The van der Waals surface area contributed by atoms with Gasteiger partial charge in [-0.25, -0.2) is 5.43 Å². The predicted octanol–water partition coefficient (Wildman–Crippen LogP) is 3.41. The third-order valence-corrected chi connectivity index (χ3v) is 4.04. The van der Waals surface area contributed by atoms with Gasteiger partial charge in [0.1, 0.15) is 0 Å². The van der Waals surface area contributed by atoms with Gasteiger partial charge >= 0.3 is 11.8 Å². The highest BCUT2D eigenvalue weighted by Gasteiger charge is 2.14. The first kappa shape index (κ1) is 16.5. The first-order chi connectivity index (χ1) is 10.6. The van der Waals surface area contributed by atoms with E-state index in [4.69, 9.17) is 11.6 Å². The second kappa shape index (κ2) is 7.94. The number of halogens is 1. The first-order valence-electron chi connectivity index (χ1n) is 7.49. The maximum atomic E-state index is 11.8. The number of nitrogens with zero attached hydrogens (tertiary/aromatic N) is 1. The van der Waals surface area contributed by atoms with Crippen LogP contribution < -0.4 is 10.7 Å². The van der Waals surface area contributed by atoms with Crippen LogP contribution in [0.15, 0.2) is 23.3 Å². The van der Waals surface area contributed by atoms with Crippen LogP contribution in [0.3, 0.4) is 0 Å². The standard InChI is InChI=1S/C16H20ClN3O2/c1-11-8-9-13(10-14(11)17)18-15(21)16(22)20-19-12-6-4-2-3-5-7-12/h8-10H,2-7H2,1H3,(H,18,21)(H,20,22). The molecule has 1 saturated carbocycles. The van der Waals surface area contributed by atoms with E-state index in [9.17, 15) is 9.59 Å². The summed E-state index contributed by atoms with van der Waals surface area (Å²) in [6.45, 7) is 1.86. The summed E-state index contributed by atoms with van der Waals surface area (Å²) >= 11 is 5.98. The fourth-order valence-corrected chi connectivity index (χ4v) is 2.47. The number of hydrogen-bond donors (Lipinski definition) is 2. The molecule has 1 aromatic carbocycles. The third kappa shape index (κ3) is 4.84. The lowest BCUT2D eigenvalue weighted by atomic mass is 10.2. The zero-order valence-electron chi connectivity index (χ0n) is 12.6. The van der Waals surface area contributed by atoms with Gasteiger partial charge in [-0.1, -0.05) is 30.5 Å². The van der Waals surface area contributed by atoms with Crippen molar-refractivity contribution >= 4 is 34.8 Å². The van der Waals surface area contributed by atoms with E-state index in [0.29, 0.717) is 10.7 Å². The molecule has 0 atom stereocenters. The molecule has 0 bridgehead atoms. The number of carbonyl (C=O) groups is 2. The van der Waals surface area contributed by atoms with Gasteiger partial charge in [0.25, 0.3) is 0 Å². The molecule has 2 N–H and O–H groups in total. The van der Waals surface area contributed by atoms with Gasteiger partial charge in [0, 0.05) is 16.4 Å². The Labute approximate surface area is 135 Å². The quantitative estimate of drug-likeness (QED) is 0.498. The number of amides is 2. The Bertz CT molecular complexity index is 589. The molecule has 0 aliphatic heterocycles. The number of anilines is 1. The van der Waals surface area contributed by atoms with Crippen molar-refractivity contribution in [1.82, 2.24) is 5.43 Å². The molecule has 5 nitrogen and oxygen atoms in total. The van der Waals surface area contributed by atoms with Crippen molar-refractivity contribution in [3.8, 4) is 0 Å². The van der Waals surface area contributed by atoms with Crippen molar-refractivity contribution in [2.75, 3.05) is 5.32 Å². The lowest BCUT2D eigenvalue weighted by molar-refractivity contribution is -0.136. The SMILES string of the molecule is Cc1ccc(NC(=O)C(=O)NN=C2CCCCCC2)cc1Cl. The Morgan fingerprint density at radius 1 is 1.09 bits per heavy atom. The maximum Gasteiger partial charge on any atom is 0.329 e. The van der Waals surface area contributed by atoms with Crippen molar-refractivity contribution in [3.63, 3.8) is 0 Å². The highest BCUT2D eigenvalue weighted by Crippen LogP contribution is 2.19. The topological polar surface area (TPSA) is 70.6 Å². The summed E-state index contributed by atoms with van der Waals surface area (Å²) in [6, 6.07) is 5.09. The summed E-state index contributed by atoms with van der Waals surface area (Å²) in [5.41, 5.74) is 4.68. The Kier molecular flexibility index (Phi) is 5.95. The van der Waals surface area contributed by atoms with E-state index >= 15 is 0 Å². The highest BCUT2D eigenvalue weighted by molar-refractivity contribution is 6.39. The molecule has 0 radical (unpaired) electrons. The molecule has 1 aliphatic rings. The minimum absolute atomic E-state index is 0.484. The minimum Gasteiger partial charge on any atom is -0.318 e. The molecule has 118 valence electrons. The summed E-state index contributed by atoms with van der Waals surface area (Å²) in [4.78, 5) is 23.6. The number of hydrogen-bond acceptors (Lipinski definition) is 3. The maximum absolute atomic E-state index is 11.8. The van der Waals surface area contributed by atoms with E-state index in [1.165, 1.54) is 12.8 Å². The lowest BCUT2D eigenvalue weighted by Crippen LogP contribution is -2.33. The highest BCUT2D eigenvalue weighted by atomic mass is 35.5. The van der Waals surface area contributed by atoms with Crippen LogP contribution in [0.1, 0.15) is 44.1 Å². The fraction of sp³-hybridized carbons (Fsp3) is 0.438. The molecule has 0 heterocycles. The molecule has 0 saturated heterocycles. The summed E-state index contributed by atoms with van der Waals surface area (Å²) in [5, 5.41) is 7.11. The van der Waals surface area contributed by atoms with Crippen LogP contribution in [-0.4, -0.2) is 17.5 Å². The Morgan fingerprint density at radius 2 is 1.77 bits per heavy atom. The molecule has 6 heteroatoms. The molecule has 1 aliphatic carbocycles. The fourth-order valence-electron chi connectivity index (χ4n) is 2.29. The zero-order valence-corrected chi connectivity index (χ0v) is 13.4. The van der Waals surface area contributed by atoms with Crippen molar-refractivity contribution in [2.45, 2.75) is 45.4 Å². The lowest BCUT2D eigenvalue weighted by Gasteiger charge is -2.06. The molecule has 0 aromatic heterocycles. The van der Waals surface area contributed by atoms with Gasteiger partial charge in [-0.05, 0) is 50.3 Å². The van der Waals surface area contributed by atoms with E-state index in [-0.39, 0.29) is 0 Å². The number of aryl methyl sites for hydroxylation is 1. The van der Waals surface area contributed by atoms with Crippen molar-refractivity contribution < 1.29 is 9.59 Å². The normalized spacial score (nSPS) is 14.9. The number of carbonyl (C=O) groups excluding carboxylic acids is 2. The van der Waals surface area contributed by atoms with Crippen LogP contribution in [0.5, 0.6) is 0 Å². The second-order valence-electron chi connectivity index (χ2n) is 5.45. The van der Waals surface area contributed by atoms with Gasteiger partial charge < -0.3 is 5.32 Å². The molecule has 2 amide bonds. The Hall–Kier alpha value is -1.88. The molecule has 1 aromatic rings. The Balaban J connectivity index is 1.90. The number of benzene rings is 1. The van der Waals surface area contributed by atoms with Crippen molar-refractivity contribution in [2.24, 2.45) is 5.10 Å². The first-order valence-corrected chi connectivity index (χ1v) is 7.87. The summed E-state index contributed by atoms with van der Waals surface area (Å²) < 4.78 is 0. The monoisotopic (exact) mass is 321 g/mol. The number of nitrogens with one attached hydrogen (secondary N) is 2. The second-order valence-corrected chi connectivity index (χ2v) is 5.86. The molecule has 22 heavy (non-hydrogen) atoms. The Morgan fingerprint density at radius 3 is 2.41 bits per heavy atom. The summed E-state index contributed by atoms with van der Waals surface area (Å²) in [7, 11) is 0. The largest absolute Gasteiger partial charge is 0.329 e. The van der Waals surface area contributed by atoms with Crippen LogP contribution in [0.4, 0.5) is 5.69 Å². The predicted molar refractivity (Wildman–Crippen MR) is 88.1 cm³/mol. The third-order valence-electron chi connectivity index (χ3n) is 3.63. The van der Waals surface area contributed by atoms with Crippen molar-refractivity contribution in [3.05, 3.63) is 28.8 Å². The van der Waals surface area contributed by atoms with Gasteiger partial charge in [0.15, 0.2) is 0 Å².